The molecule has 0 bridgehead atoms. The summed E-state index contributed by atoms with van der Waals surface area (Å²) >= 11 is 0. The highest BCUT2D eigenvalue weighted by Gasteiger charge is 2.47. The van der Waals surface area contributed by atoms with Crippen molar-refractivity contribution in [3.63, 3.8) is 0 Å². The number of unbranched alkanes of at least 4 members (excludes halogenated alkanes) is 1. The van der Waals surface area contributed by atoms with Crippen LogP contribution >= 0.6 is 0 Å². The summed E-state index contributed by atoms with van der Waals surface area (Å²) in [6.45, 7) is 4.30. The Bertz CT molecular complexity index is 502. The number of hydrogen-bond acceptors (Lipinski definition) is 4. The molecule has 4 nitrogen and oxygen atoms in total. The average molecular weight is 261 g/mol. The maximum Gasteiger partial charge on any atom is 0.220 e. The summed E-state index contributed by atoms with van der Waals surface area (Å²) in [6, 6.07) is 0. The third kappa shape index (κ3) is 1.84. The molecule has 1 aromatic heterocycles. The highest BCUT2D eigenvalue weighted by atomic mass is 16.3. The Morgan fingerprint density at radius 2 is 2.21 bits per heavy atom. The lowest BCUT2D eigenvalue weighted by Crippen LogP contribution is -2.40. The molecule has 3 rings (SSSR count). The van der Waals surface area contributed by atoms with E-state index in [9.17, 15) is 5.11 Å². The smallest absolute Gasteiger partial charge is 0.220 e. The second-order valence-electron chi connectivity index (χ2n) is 6.19. The second-order valence-corrected chi connectivity index (χ2v) is 6.19. The van der Waals surface area contributed by atoms with E-state index in [-0.39, 0.29) is 5.92 Å². The number of aromatic nitrogens is 2. The van der Waals surface area contributed by atoms with Crippen LogP contribution in [-0.4, -0.2) is 15.1 Å². The van der Waals surface area contributed by atoms with Crippen LogP contribution in [0, 0.1) is 5.92 Å². The normalized spacial score (nSPS) is 32.4. The molecule has 0 amide bonds. The minimum atomic E-state index is -0.808. The lowest BCUT2D eigenvalue weighted by atomic mass is 9.69. The lowest BCUT2D eigenvalue weighted by molar-refractivity contribution is -0.0451. The molecule has 0 radical (unpaired) electrons. The number of rotatable bonds is 3. The number of nitrogens with two attached hydrogens (primary N) is 1. The average Bonchev–Trinajstić information content (AvgIpc) is 2.77. The molecule has 0 saturated carbocycles. The third-order valence-electron chi connectivity index (χ3n) is 4.95. The zero-order valence-electron chi connectivity index (χ0n) is 11.8. The van der Waals surface area contributed by atoms with Gasteiger partial charge in [0.25, 0.3) is 0 Å². The zero-order valence-corrected chi connectivity index (χ0v) is 11.8. The fourth-order valence-electron chi connectivity index (χ4n) is 3.84. The van der Waals surface area contributed by atoms with E-state index in [1.165, 1.54) is 5.56 Å². The fraction of sp³-hybridized carbons (Fsp3) is 0.733. The third-order valence-corrected chi connectivity index (χ3v) is 4.95. The van der Waals surface area contributed by atoms with Crippen LogP contribution in [-0.2, 0) is 12.0 Å². The van der Waals surface area contributed by atoms with Gasteiger partial charge in [-0.2, -0.15) is 0 Å². The van der Waals surface area contributed by atoms with E-state index < -0.39 is 5.60 Å². The first-order valence-corrected chi connectivity index (χ1v) is 7.45. The van der Waals surface area contributed by atoms with Crippen molar-refractivity contribution in [1.29, 1.82) is 0 Å². The van der Waals surface area contributed by atoms with E-state index >= 15 is 0 Å². The van der Waals surface area contributed by atoms with Crippen molar-refractivity contribution in [1.82, 2.24) is 9.97 Å². The van der Waals surface area contributed by atoms with Crippen LogP contribution in [0.3, 0.4) is 0 Å². The van der Waals surface area contributed by atoms with Gasteiger partial charge < -0.3 is 10.8 Å². The van der Waals surface area contributed by atoms with Crippen LogP contribution in [0.15, 0.2) is 0 Å². The first kappa shape index (κ1) is 12.9. The van der Waals surface area contributed by atoms with Crippen LogP contribution < -0.4 is 5.73 Å². The summed E-state index contributed by atoms with van der Waals surface area (Å²) in [4.78, 5) is 8.81. The van der Waals surface area contributed by atoms with Crippen LogP contribution in [0.1, 0.15) is 68.8 Å². The molecular formula is C15H23N3O. The Balaban J connectivity index is 2.12. The van der Waals surface area contributed by atoms with Crippen molar-refractivity contribution in [2.45, 2.75) is 63.9 Å². The summed E-state index contributed by atoms with van der Waals surface area (Å²) < 4.78 is 0. The Morgan fingerprint density at radius 1 is 1.42 bits per heavy atom. The summed E-state index contributed by atoms with van der Waals surface area (Å²) in [5.74, 6) is 1.10. The van der Waals surface area contributed by atoms with Crippen molar-refractivity contribution in [3.05, 3.63) is 17.0 Å². The minimum Gasteiger partial charge on any atom is -0.383 e. The van der Waals surface area contributed by atoms with Gasteiger partial charge >= 0.3 is 0 Å². The molecular weight excluding hydrogens is 238 g/mol. The van der Waals surface area contributed by atoms with Gasteiger partial charge in [0.2, 0.25) is 5.95 Å². The lowest BCUT2D eigenvalue weighted by Gasteiger charge is -2.41. The van der Waals surface area contributed by atoms with Crippen LogP contribution in [0.2, 0.25) is 0 Å². The van der Waals surface area contributed by atoms with Gasteiger partial charge in [0.05, 0.1) is 5.69 Å². The summed E-state index contributed by atoms with van der Waals surface area (Å²) in [5, 5.41) is 11.2. The van der Waals surface area contributed by atoms with E-state index in [4.69, 9.17) is 5.73 Å². The number of nitrogen functional groups attached to an aromatic ring is 1. The zero-order chi connectivity index (χ0) is 13.6. The number of aryl methyl sites for hydroxylation is 1. The molecule has 0 aliphatic heterocycles. The van der Waals surface area contributed by atoms with E-state index in [0.717, 1.165) is 49.9 Å². The SMILES string of the molecule is CCCCC1(O)c2nc(N)nc3c2C(CC3)CC1C. The Hall–Kier alpha value is -1.16. The van der Waals surface area contributed by atoms with Crippen molar-refractivity contribution in [3.8, 4) is 0 Å². The van der Waals surface area contributed by atoms with Gasteiger partial charge in [0.1, 0.15) is 5.60 Å². The topological polar surface area (TPSA) is 72.0 Å². The van der Waals surface area contributed by atoms with Gasteiger partial charge in [-0.15, -0.1) is 0 Å². The number of anilines is 1. The monoisotopic (exact) mass is 261 g/mol. The second kappa shape index (κ2) is 4.44. The van der Waals surface area contributed by atoms with Gasteiger partial charge in [-0.1, -0.05) is 26.7 Å². The summed E-state index contributed by atoms with van der Waals surface area (Å²) in [5.41, 5.74) is 8.16. The van der Waals surface area contributed by atoms with Gasteiger partial charge in [-0.3, -0.25) is 0 Å². The molecule has 4 heteroatoms. The molecule has 3 N–H and O–H groups in total. The molecule has 1 heterocycles. The molecule has 104 valence electrons. The van der Waals surface area contributed by atoms with Crippen LogP contribution in [0.25, 0.3) is 0 Å². The van der Waals surface area contributed by atoms with Crippen molar-refractivity contribution in [2.75, 3.05) is 5.73 Å². The van der Waals surface area contributed by atoms with Crippen molar-refractivity contribution in [2.24, 2.45) is 5.92 Å². The highest BCUT2D eigenvalue weighted by molar-refractivity contribution is 5.43. The van der Waals surface area contributed by atoms with Crippen LogP contribution in [0.5, 0.6) is 0 Å². The summed E-state index contributed by atoms with van der Waals surface area (Å²) in [6.07, 6.45) is 6.05. The Labute approximate surface area is 114 Å². The maximum absolute atomic E-state index is 11.2. The molecule has 0 spiro atoms. The minimum absolute atomic E-state index is 0.247. The summed E-state index contributed by atoms with van der Waals surface area (Å²) in [7, 11) is 0. The molecule has 0 fully saturated rings. The van der Waals surface area contributed by atoms with E-state index in [1.807, 2.05) is 0 Å². The van der Waals surface area contributed by atoms with Crippen molar-refractivity contribution >= 4 is 5.95 Å². The number of aliphatic hydroxyl groups is 1. The first-order valence-electron chi connectivity index (χ1n) is 7.45. The molecule has 3 unspecified atom stereocenters. The predicted molar refractivity (Wildman–Crippen MR) is 74.7 cm³/mol. The van der Waals surface area contributed by atoms with E-state index in [2.05, 4.69) is 23.8 Å². The molecule has 2 aliphatic carbocycles. The van der Waals surface area contributed by atoms with E-state index in [0.29, 0.717) is 11.9 Å². The van der Waals surface area contributed by atoms with Gasteiger partial charge in [-0.05, 0) is 37.5 Å². The molecule has 2 aliphatic rings. The molecule has 3 atom stereocenters. The number of nitrogens with zero attached hydrogens (tertiary/aromatic N) is 2. The number of hydrogen-bond donors (Lipinski definition) is 2. The maximum atomic E-state index is 11.2. The van der Waals surface area contributed by atoms with Gasteiger partial charge in [0.15, 0.2) is 0 Å². The molecule has 0 aromatic carbocycles. The molecule has 0 saturated heterocycles. The van der Waals surface area contributed by atoms with Crippen LogP contribution in [0.4, 0.5) is 5.95 Å². The van der Waals surface area contributed by atoms with Gasteiger partial charge in [-0.25, -0.2) is 9.97 Å². The predicted octanol–water partition coefficient (Wildman–Crippen LogP) is 2.51. The van der Waals surface area contributed by atoms with E-state index in [1.54, 1.807) is 0 Å². The fourth-order valence-corrected chi connectivity index (χ4v) is 3.84. The largest absolute Gasteiger partial charge is 0.383 e. The van der Waals surface area contributed by atoms with Gasteiger partial charge in [0, 0.05) is 11.3 Å². The first-order chi connectivity index (χ1) is 9.06. The standard InChI is InChI=1S/C15H23N3O/c1-3-4-7-15(19)9(2)8-10-5-6-11-12(10)13(15)18-14(16)17-11/h9-10,19H,3-8H2,1-2H3,(H2,16,17,18). The highest BCUT2D eigenvalue weighted by Crippen LogP contribution is 2.51. The molecule has 1 aromatic rings. The molecule has 19 heavy (non-hydrogen) atoms. The quantitative estimate of drug-likeness (QED) is 0.877. The Morgan fingerprint density at radius 3 is 2.95 bits per heavy atom. The van der Waals surface area contributed by atoms with Crippen molar-refractivity contribution < 1.29 is 5.11 Å². The Kier molecular flexibility index (Phi) is 3.01.